The van der Waals surface area contributed by atoms with Crippen molar-refractivity contribution in [3.63, 3.8) is 0 Å². The van der Waals surface area contributed by atoms with Gasteiger partial charge in [0.2, 0.25) is 0 Å². The van der Waals surface area contributed by atoms with Crippen LogP contribution in [-0.2, 0) is 27.9 Å². The molecule has 3 heteroatoms. The first-order chi connectivity index (χ1) is 13.3. The molecule has 0 aromatic heterocycles. The Bertz CT molecular complexity index is 732. The maximum atomic E-state index is 6.53. The van der Waals surface area contributed by atoms with Crippen LogP contribution in [0.1, 0.15) is 42.4 Å². The van der Waals surface area contributed by atoms with E-state index in [2.05, 4.69) is 59.5 Å². The number of ether oxygens (including phenoxy) is 2. The third-order valence-electron chi connectivity index (χ3n) is 6.08. The molecule has 0 amide bonds. The van der Waals surface area contributed by atoms with E-state index < -0.39 is 0 Å². The van der Waals surface area contributed by atoms with Gasteiger partial charge in [-0.25, -0.2) is 0 Å². The van der Waals surface area contributed by atoms with Crippen molar-refractivity contribution in [2.24, 2.45) is 0 Å². The van der Waals surface area contributed by atoms with Gasteiger partial charge in [0, 0.05) is 20.1 Å². The summed E-state index contributed by atoms with van der Waals surface area (Å²) < 4.78 is 12.2. The van der Waals surface area contributed by atoms with E-state index in [0.29, 0.717) is 0 Å². The highest BCUT2D eigenvalue weighted by molar-refractivity contribution is 5.35. The largest absolute Gasteiger partial charge is 0.355 e. The molecular weight excluding hydrogens is 334 g/mol. The van der Waals surface area contributed by atoms with Crippen LogP contribution in [0.15, 0.2) is 54.6 Å². The van der Waals surface area contributed by atoms with Crippen molar-refractivity contribution in [1.29, 1.82) is 0 Å². The summed E-state index contributed by atoms with van der Waals surface area (Å²) in [6, 6.07) is 19.6. The summed E-state index contributed by atoms with van der Waals surface area (Å²) in [7, 11) is 1.76. The van der Waals surface area contributed by atoms with Gasteiger partial charge in [0.05, 0.1) is 0 Å². The van der Waals surface area contributed by atoms with Crippen LogP contribution in [0.2, 0.25) is 0 Å². The molecule has 2 heterocycles. The van der Waals surface area contributed by atoms with Crippen LogP contribution >= 0.6 is 0 Å². The van der Waals surface area contributed by atoms with Gasteiger partial charge in [0.1, 0.15) is 5.60 Å². The van der Waals surface area contributed by atoms with Crippen LogP contribution < -0.4 is 0 Å². The fourth-order valence-electron chi connectivity index (χ4n) is 4.73. The number of piperidine rings is 1. The molecule has 0 aliphatic carbocycles. The minimum absolute atomic E-state index is 0.127. The number of hydrogen-bond acceptors (Lipinski definition) is 3. The monoisotopic (exact) mass is 365 g/mol. The molecule has 2 aliphatic heterocycles. The molecule has 27 heavy (non-hydrogen) atoms. The molecule has 1 fully saturated rings. The van der Waals surface area contributed by atoms with Gasteiger partial charge < -0.3 is 14.4 Å². The third kappa shape index (κ3) is 4.26. The van der Waals surface area contributed by atoms with Crippen molar-refractivity contribution in [2.75, 3.05) is 26.7 Å². The lowest BCUT2D eigenvalue weighted by Gasteiger charge is -2.48. The number of likely N-dealkylation sites (tertiary alicyclic amines) is 1. The van der Waals surface area contributed by atoms with E-state index in [0.717, 1.165) is 25.9 Å². The summed E-state index contributed by atoms with van der Waals surface area (Å²) in [5, 5.41) is 0. The van der Waals surface area contributed by atoms with Crippen molar-refractivity contribution in [3.8, 4) is 0 Å². The standard InChI is InChI=1S/C24H31NO2/c1-26-23-18-21-13-5-6-14-22(21)24(27-23)15-9-17-25(19-24)16-8-7-12-20-10-3-2-4-11-20/h2-6,10-11,13-14,23H,7-9,12,15-19H2,1H3/t23-,24+/m1/s1. The number of fused-ring (bicyclic) bond motifs is 2. The van der Waals surface area contributed by atoms with E-state index in [-0.39, 0.29) is 11.9 Å². The maximum absolute atomic E-state index is 6.53. The van der Waals surface area contributed by atoms with Gasteiger partial charge in [-0.3, -0.25) is 0 Å². The van der Waals surface area contributed by atoms with Gasteiger partial charge in [-0.1, -0.05) is 54.6 Å². The number of nitrogens with zero attached hydrogens (tertiary/aromatic N) is 1. The third-order valence-corrected chi connectivity index (χ3v) is 6.08. The van der Waals surface area contributed by atoms with E-state index in [1.54, 1.807) is 7.11 Å². The van der Waals surface area contributed by atoms with Gasteiger partial charge in [0.25, 0.3) is 0 Å². The molecule has 2 aliphatic rings. The second-order valence-corrected chi connectivity index (χ2v) is 7.96. The van der Waals surface area contributed by atoms with Crippen molar-refractivity contribution in [2.45, 2.75) is 50.4 Å². The van der Waals surface area contributed by atoms with E-state index in [9.17, 15) is 0 Å². The topological polar surface area (TPSA) is 21.7 Å². The Balaban J connectivity index is 1.38. The molecule has 0 radical (unpaired) electrons. The number of rotatable bonds is 6. The molecule has 2 aromatic carbocycles. The average molecular weight is 366 g/mol. The summed E-state index contributed by atoms with van der Waals surface area (Å²) >= 11 is 0. The van der Waals surface area contributed by atoms with Crippen LogP contribution in [0.4, 0.5) is 0 Å². The van der Waals surface area contributed by atoms with E-state index in [1.165, 1.54) is 48.9 Å². The molecule has 0 bridgehead atoms. The first kappa shape index (κ1) is 18.7. The van der Waals surface area contributed by atoms with Crippen molar-refractivity contribution in [3.05, 3.63) is 71.3 Å². The number of benzene rings is 2. The quantitative estimate of drug-likeness (QED) is 0.701. The van der Waals surface area contributed by atoms with Crippen LogP contribution in [0.25, 0.3) is 0 Å². The fourth-order valence-corrected chi connectivity index (χ4v) is 4.73. The molecule has 2 atom stereocenters. The van der Waals surface area contributed by atoms with Crippen LogP contribution in [0.3, 0.4) is 0 Å². The molecule has 0 N–H and O–H groups in total. The minimum Gasteiger partial charge on any atom is -0.355 e. The molecule has 0 saturated carbocycles. The molecule has 4 rings (SSSR count). The fraction of sp³-hybridized carbons (Fsp3) is 0.500. The second-order valence-electron chi connectivity index (χ2n) is 7.96. The Hall–Kier alpha value is -1.68. The summed E-state index contributed by atoms with van der Waals surface area (Å²) in [5.74, 6) is 0. The molecule has 144 valence electrons. The van der Waals surface area contributed by atoms with Gasteiger partial charge in [-0.2, -0.15) is 0 Å². The molecule has 3 nitrogen and oxygen atoms in total. The lowest BCUT2D eigenvalue weighted by molar-refractivity contribution is -0.228. The first-order valence-corrected chi connectivity index (χ1v) is 10.3. The Morgan fingerprint density at radius 3 is 2.74 bits per heavy atom. The first-order valence-electron chi connectivity index (χ1n) is 10.3. The van der Waals surface area contributed by atoms with Crippen molar-refractivity contribution in [1.82, 2.24) is 4.90 Å². The van der Waals surface area contributed by atoms with Gasteiger partial charge in [-0.05, 0) is 61.9 Å². The number of methoxy groups -OCH3 is 1. The molecule has 1 spiro atoms. The number of aryl methyl sites for hydroxylation is 1. The zero-order valence-corrected chi connectivity index (χ0v) is 16.4. The van der Waals surface area contributed by atoms with Crippen LogP contribution in [-0.4, -0.2) is 37.9 Å². The highest BCUT2D eigenvalue weighted by Gasteiger charge is 2.44. The molecule has 2 aromatic rings. The lowest BCUT2D eigenvalue weighted by Crippen LogP contribution is -2.52. The molecule has 0 unspecified atom stereocenters. The van der Waals surface area contributed by atoms with Crippen LogP contribution in [0, 0.1) is 0 Å². The van der Waals surface area contributed by atoms with Crippen molar-refractivity contribution >= 4 is 0 Å². The van der Waals surface area contributed by atoms with E-state index in [1.807, 2.05) is 0 Å². The van der Waals surface area contributed by atoms with Crippen LogP contribution in [0.5, 0.6) is 0 Å². The smallest absolute Gasteiger partial charge is 0.162 e. The number of unbranched alkanes of at least 4 members (excludes halogenated alkanes) is 1. The van der Waals surface area contributed by atoms with Gasteiger partial charge in [0.15, 0.2) is 6.29 Å². The molecular formula is C24H31NO2. The lowest BCUT2D eigenvalue weighted by atomic mass is 9.80. The summed E-state index contributed by atoms with van der Waals surface area (Å²) in [5.41, 5.74) is 4.02. The molecule has 1 saturated heterocycles. The predicted molar refractivity (Wildman–Crippen MR) is 109 cm³/mol. The van der Waals surface area contributed by atoms with E-state index in [4.69, 9.17) is 9.47 Å². The van der Waals surface area contributed by atoms with Crippen molar-refractivity contribution < 1.29 is 9.47 Å². The zero-order valence-electron chi connectivity index (χ0n) is 16.4. The summed E-state index contributed by atoms with van der Waals surface area (Å²) in [4.78, 5) is 2.60. The summed E-state index contributed by atoms with van der Waals surface area (Å²) in [6.07, 6.45) is 6.65. The predicted octanol–water partition coefficient (Wildman–Crippen LogP) is 4.55. The Morgan fingerprint density at radius 1 is 1.07 bits per heavy atom. The Kier molecular flexibility index (Phi) is 5.92. The minimum atomic E-state index is -0.201. The zero-order chi connectivity index (χ0) is 18.5. The summed E-state index contributed by atoms with van der Waals surface area (Å²) in [6.45, 7) is 3.31. The van der Waals surface area contributed by atoms with E-state index >= 15 is 0 Å². The normalized spacial score (nSPS) is 25.4. The number of hydrogen-bond donors (Lipinski definition) is 0. The second kappa shape index (κ2) is 8.55. The van der Waals surface area contributed by atoms with Gasteiger partial charge >= 0.3 is 0 Å². The Morgan fingerprint density at radius 2 is 1.89 bits per heavy atom. The SMILES string of the molecule is CO[C@H]1Cc2ccccc2[C@@]2(CCCN(CCCCc3ccccc3)C2)O1. The average Bonchev–Trinajstić information content (AvgIpc) is 2.72. The highest BCUT2D eigenvalue weighted by atomic mass is 16.7. The highest BCUT2D eigenvalue weighted by Crippen LogP contribution is 2.42. The van der Waals surface area contributed by atoms with Gasteiger partial charge in [-0.15, -0.1) is 0 Å². The maximum Gasteiger partial charge on any atom is 0.162 e. The Labute approximate surface area is 163 Å².